The Balaban J connectivity index is 1.84. The summed E-state index contributed by atoms with van der Waals surface area (Å²) >= 11 is 6.08. The molecule has 0 bridgehead atoms. The van der Waals surface area contributed by atoms with Gasteiger partial charge < -0.3 is 4.57 Å². The maximum atomic E-state index is 13.8. The van der Waals surface area contributed by atoms with Crippen LogP contribution in [0.2, 0.25) is 5.02 Å². The third kappa shape index (κ3) is 3.47. The first-order valence-electron chi connectivity index (χ1n) is 10.8. The average Bonchev–Trinajstić information content (AvgIpc) is 2.79. The molecule has 6 heteroatoms. The van der Waals surface area contributed by atoms with Gasteiger partial charge in [0, 0.05) is 23.9 Å². The smallest absolute Gasteiger partial charge is 0.271 e. The Bertz CT molecular complexity index is 1400. The average molecular weight is 434 g/mol. The molecule has 5 rings (SSSR count). The zero-order valence-electron chi connectivity index (χ0n) is 17.5. The second kappa shape index (κ2) is 7.97. The number of aryl methyl sites for hydroxylation is 1. The fraction of sp³-hybridized carbons (Fsp3) is 0.320. The number of pyridine rings is 1. The Morgan fingerprint density at radius 1 is 1.00 bits per heavy atom. The van der Waals surface area contributed by atoms with Crippen molar-refractivity contribution in [1.29, 1.82) is 0 Å². The predicted molar refractivity (Wildman–Crippen MR) is 125 cm³/mol. The highest BCUT2D eigenvalue weighted by Crippen LogP contribution is 2.27. The van der Waals surface area contributed by atoms with E-state index in [0.717, 1.165) is 24.8 Å². The van der Waals surface area contributed by atoms with Gasteiger partial charge in [-0.2, -0.15) is 0 Å². The van der Waals surface area contributed by atoms with Crippen molar-refractivity contribution < 1.29 is 0 Å². The molecule has 1 aliphatic rings. The minimum Gasteiger partial charge on any atom is -0.328 e. The van der Waals surface area contributed by atoms with Crippen molar-refractivity contribution in [2.75, 3.05) is 0 Å². The van der Waals surface area contributed by atoms with Crippen molar-refractivity contribution >= 4 is 33.5 Å². The van der Waals surface area contributed by atoms with Gasteiger partial charge in [-0.3, -0.25) is 14.2 Å². The summed E-state index contributed by atoms with van der Waals surface area (Å²) in [7, 11) is 1.87. The molecule has 2 aromatic carbocycles. The van der Waals surface area contributed by atoms with Crippen molar-refractivity contribution in [3.63, 3.8) is 0 Å². The van der Waals surface area contributed by atoms with Crippen LogP contribution in [0.25, 0.3) is 27.6 Å². The molecule has 0 unspecified atom stereocenters. The summed E-state index contributed by atoms with van der Waals surface area (Å²) < 4.78 is 3.48. The van der Waals surface area contributed by atoms with Crippen LogP contribution in [0.1, 0.15) is 37.9 Å². The van der Waals surface area contributed by atoms with Crippen molar-refractivity contribution in [2.45, 2.75) is 38.5 Å². The third-order valence-electron chi connectivity index (χ3n) is 6.47. The van der Waals surface area contributed by atoms with E-state index in [1.165, 1.54) is 19.3 Å². The first kappa shape index (κ1) is 20.0. The molecule has 2 aromatic heterocycles. The molecule has 1 fully saturated rings. The lowest BCUT2D eigenvalue weighted by atomic mass is 9.86. The Morgan fingerprint density at radius 2 is 1.71 bits per heavy atom. The van der Waals surface area contributed by atoms with E-state index in [1.54, 1.807) is 22.8 Å². The minimum atomic E-state index is -0.315. The maximum Gasteiger partial charge on any atom is 0.271 e. The third-order valence-corrected chi connectivity index (χ3v) is 6.72. The lowest BCUT2D eigenvalue weighted by molar-refractivity contribution is 0.349. The van der Waals surface area contributed by atoms with Gasteiger partial charge in [-0.1, -0.05) is 55.8 Å². The molecule has 1 aliphatic carbocycles. The number of hydrogen-bond donors (Lipinski definition) is 0. The zero-order chi connectivity index (χ0) is 21.5. The van der Waals surface area contributed by atoms with Gasteiger partial charge in [0.1, 0.15) is 11.2 Å². The first-order valence-corrected chi connectivity index (χ1v) is 11.2. The van der Waals surface area contributed by atoms with Crippen LogP contribution in [-0.2, 0) is 13.5 Å². The Morgan fingerprint density at radius 3 is 2.45 bits per heavy atom. The number of nitrogens with zero attached hydrogens (tertiary/aromatic N) is 3. The highest BCUT2D eigenvalue weighted by atomic mass is 35.5. The minimum absolute atomic E-state index is 0.128. The Labute approximate surface area is 184 Å². The quantitative estimate of drug-likeness (QED) is 0.426. The molecule has 5 nitrogen and oxygen atoms in total. The SMILES string of the molecule is Cn1c2ccccc2c(=O)c2c(=O)n(-c3ccc(Cl)cc3)c(CC3CCCCC3)nc21. The van der Waals surface area contributed by atoms with Gasteiger partial charge in [0.15, 0.2) is 5.65 Å². The monoisotopic (exact) mass is 433 g/mol. The molecule has 31 heavy (non-hydrogen) atoms. The summed E-state index contributed by atoms with van der Waals surface area (Å²) in [6.07, 6.45) is 6.70. The van der Waals surface area contributed by atoms with Crippen LogP contribution in [0, 0.1) is 5.92 Å². The summed E-state index contributed by atoms with van der Waals surface area (Å²) in [6.45, 7) is 0. The van der Waals surface area contributed by atoms with Gasteiger partial charge in [0.2, 0.25) is 5.43 Å². The number of aromatic nitrogens is 3. The van der Waals surface area contributed by atoms with E-state index in [4.69, 9.17) is 16.6 Å². The van der Waals surface area contributed by atoms with Crippen LogP contribution in [0.15, 0.2) is 58.1 Å². The molecule has 0 amide bonds. The van der Waals surface area contributed by atoms with Crippen molar-refractivity contribution in [1.82, 2.24) is 14.1 Å². The summed E-state index contributed by atoms with van der Waals surface area (Å²) in [4.78, 5) is 32.0. The molecule has 4 aromatic rings. The van der Waals surface area contributed by atoms with E-state index in [9.17, 15) is 9.59 Å². The molecule has 0 radical (unpaired) electrons. The highest BCUT2D eigenvalue weighted by Gasteiger charge is 2.22. The molecular formula is C25H24ClN3O2. The van der Waals surface area contributed by atoms with E-state index in [-0.39, 0.29) is 16.4 Å². The van der Waals surface area contributed by atoms with E-state index in [1.807, 2.05) is 41.9 Å². The van der Waals surface area contributed by atoms with E-state index in [0.29, 0.717) is 33.5 Å². The number of fused-ring (bicyclic) bond motifs is 2. The van der Waals surface area contributed by atoms with Crippen LogP contribution < -0.4 is 11.0 Å². The summed E-state index contributed by atoms with van der Waals surface area (Å²) in [6, 6.07) is 14.5. The number of para-hydroxylation sites is 1. The second-order valence-corrected chi connectivity index (χ2v) is 8.89. The number of rotatable bonds is 3. The highest BCUT2D eigenvalue weighted by molar-refractivity contribution is 6.30. The molecule has 0 spiro atoms. The lowest BCUT2D eigenvalue weighted by Gasteiger charge is -2.23. The summed E-state index contributed by atoms with van der Waals surface area (Å²) in [5.74, 6) is 1.20. The number of hydrogen-bond acceptors (Lipinski definition) is 3. The molecular weight excluding hydrogens is 410 g/mol. The van der Waals surface area contributed by atoms with E-state index in [2.05, 4.69) is 0 Å². The summed E-state index contributed by atoms with van der Waals surface area (Å²) in [5, 5.41) is 1.25. The van der Waals surface area contributed by atoms with Crippen LogP contribution in [-0.4, -0.2) is 14.1 Å². The Hall–Kier alpha value is -2.92. The number of halogens is 1. The van der Waals surface area contributed by atoms with Crippen molar-refractivity contribution in [3.05, 3.63) is 80.0 Å². The first-order chi connectivity index (χ1) is 15.0. The van der Waals surface area contributed by atoms with Gasteiger partial charge in [0.25, 0.3) is 5.56 Å². The van der Waals surface area contributed by atoms with Crippen LogP contribution in [0.4, 0.5) is 0 Å². The fourth-order valence-corrected chi connectivity index (χ4v) is 4.97. The molecule has 0 N–H and O–H groups in total. The Kier molecular flexibility index (Phi) is 5.14. The number of benzene rings is 2. The molecule has 158 valence electrons. The fourth-order valence-electron chi connectivity index (χ4n) is 4.84. The molecule has 2 heterocycles. The van der Waals surface area contributed by atoms with Gasteiger partial charge >= 0.3 is 0 Å². The van der Waals surface area contributed by atoms with Gasteiger partial charge in [-0.25, -0.2) is 4.98 Å². The molecule has 0 aliphatic heterocycles. The lowest BCUT2D eigenvalue weighted by Crippen LogP contribution is -2.30. The van der Waals surface area contributed by atoms with Crippen molar-refractivity contribution in [3.8, 4) is 5.69 Å². The molecule has 1 saturated carbocycles. The molecule has 0 saturated heterocycles. The largest absolute Gasteiger partial charge is 0.328 e. The van der Waals surface area contributed by atoms with Crippen molar-refractivity contribution in [2.24, 2.45) is 13.0 Å². The normalized spacial score (nSPS) is 15.0. The summed E-state index contributed by atoms with van der Waals surface area (Å²) in [5.41, 5.74) is 1.33. The maximum absolute atomic E-state index is 13.8. The predicted octanol–water partition coefficient (Wildman–Crippen LogP) is 5.01. The second-order valence-electron chi connectivity index (χ2n) is 8.46. The van der Waals surface area contributed by atoms with E-state index < -0.39 is 0 Å². The molecule has 0 atom stereocenters. The van der Waals surface area contributed by atoms with Crippen LogP contribution >= 0.6 is 11.6 Å². The van der Waals surface area contributed by atoms with Gasteiger partial charge in [0.05, 0.1) is 11.2 Å². The standard InChI is InChI=1S/C25H24ClN3O2/c1-28-20-10-6-5-9-19(20)23(30)22-24(28)27-21(15-16-7-3-2-4-8-16)29(25(22)31)18-13-11-17(26)12-14-18/h5-6,9-14,16H,2-4,7-8,15H2,1H3. The van der Waals surface area contributed by atoms with Gasteiger partial charge in [-0.15, -0.1) is 0 Å². The van der Waals surface area contributed by atoms with Gasteiger partial charge in [-0.05, 0) is 42.3 Å². The zero-order valence-corrected chi connectivity index (χ0v) is 18.2. The topological polar surface area (TPSA) is 56.9 Å². The van der Waals surface area contributed by atoms with Crippen LogP contribution in [0.3, 0.4) is 0 Å². The van der Waals surface area contributed by atoms with Crippen LogP contribution in [0.5, 0.6) is 0 Å². The van der Waals surface area contributed by atoms with E-state index >= 15 is 0 Å².